The third-order valence-electron chi connectivity index (χ3n) is 6.91. The van der Waals surface area contributed by atoms with E-state index in [2.05, 4.69) is 11.4 Å². The molecule has 4 rings (SSSR count). The molecule has 1 saturated heterocycles. The summed E-state index contributed by atoms with van der Waals surface area (Å²) in [5, 5.41) is 14.5. The van der Waals surface area contributed by atoms with Gasteiger partial charge in [-0.1, -0.05) is 36.4 Å². The number of ether oxygens (including phenoxy) is 2. The van der Waals surface area contributed by atoms with Gasteiger partial charge in [0.05, 0.1) is 32.4 Å². The Morgan fingerprint density at radius 1 is 1.17 bits per heavy atom. The first kappa shape index (κ1) is 24.6. The third-order valence-corrected chi connectivity index (χ3v) is 6.91. The second-order valence-corrected chi connectivity index (χ2v) is 8.96. The summed E-state index contributed by atoms with van der Waals surface area (Å²) in [6, 6.07) is 18.5. The summed E-state index contributed by atoms with van der Waals surface area (Å²) < 4.78 is 25.6. The number of likely N-dealkylation sites (tertiary alicyclic amines) is 1. The van der Waals surface area contributed by atoms with Crippen LogP contribution in [0.5, 0.6) is 5.75 Å². The van der Waals surface area contributed by atoms with Gasteiger partial charge < -0.3 is 19.7 Å². The molecule has 1 N–H and O–H groups in total. The predicted molar refractivity (Wildman–Crippen MR) is 133 cm³/mol. The highest BCUT2D eigenvalue weighted by atomic mass is 19.1. The molecule has 1 heterocycles. The lowest BCUT2D eigenvalue weighted by molar-refractivity contribution is -0.132. The van der Waals surface area contributed by atoms with Crippen LogP contribution in [-0.2, 0) is 21.6 Å². The van der Waals surface area contributed by atoms with Crippen LogP contribution in [0.3, 0.4) is 0 Å². The molecule has 0 radical (unpaired) electrons. The molecule has 0 atom stereocenters. The van der Waals surface area contributed by atoms with Gasteiger partial charge in [-0.05, 0) is 54.4 Å². The van der Waals surface area contributed by atoms with Gasteiger partial charge in [0.2, 0.25) is 5.91 Å². The Bertz CT molecular complexity index is 1230. The maximum atomic E-state index is 13.7. The summed E-state index contributed by atoms with van der Waals surface area (Å²) in [5.74, 6) is 0.316. The Morgan fingerprint density at radius 2 is 1.89 bits per heavy atom. The van der Waals surface area contributed by atoms with E-state index in [1.54, 1.807) is 14.2 Å². The molecule has 3 aromatic carbocycles. The highest BCUT2D eigenvalue weighted by Crippen LogP contribution is 2.38. The van der Waals surface area contributed by atoms with E-state index in [1.165, 1.54) is 12.1 Å². The molecule has 6 nitrogen and oxygen atoms in total. The summed E-state index contributed by atoms with van der Waals surface area (Å²) in [4.78, 5) is 14.3. The lowest BCUT2D eigenvalue weighted by Crippen LogP contribution is -2.49. The molecule has 0 bridgehead atoms. The molecular formula is C28H30FN3O3. The van der Waals surface area contributed by atoms with Crippen molar-refractivity contribution in [1.82, 2.24) is 10.2 Å². The van der Waals surface area contributed by atoms with Gasteiger partial charge in [-0.25, -0.2) is 4.39 Å². The highest BCUT2D eigenvalue weighted by Gasteiger charge is 2.38. The minimum absolute atomic E-state index is 0.0747. The van der Waals surface area contributed by atoms with Crippen molar-refractivity contribution in [2.24, 2.45) is 0 Å². The van der Waals surface area contributed by atoms with Crippen LogP contribution in [0.25, 0.3) is 10.8 Å². The quantitative estimate of drug-likeness (QED) is 0.530. The Labute approximate surface area is 205 Å². The van der Waals surface area contributed by atoms with Crippen molar-refractivity contribution in [3.05, 3.63) is 77.1 Å². The second kappa shape index (κ2) is 10.9. The first-order valence-corrected chi connectivity index (χ1v) is 11.8. The summed E-state index contributed by atoms with van der Waals surface area (Å²) in [5.41, 5.74) is 1.95. The average molecular weight is 476 g/mol. The number of carbonyl (C=O) groups excluding carboxylic acids is 1. The molecule has 0 spiro atoms. The van der Waals surface area contributed by atoms with Crippen molar-refractivity contribution in [3.63, 3.8) is 0 Å². The second-order valence-electron chi connectivity index (χ2n) is 8.96. The fourth-order valence-electron chi connectivity index (χ4n) is 4.98. The van der Waals surface area contributed by atoms with E-state index in [1.807, 2.05) is 47.4 Å². The van der Waals surface area contributed by atoms with E-state index in [9.17, 15) is 14.4 Å². The molecule has 7 heteroatoms. The first-order valence-electron chi connectivity index (χ1n) is 11.8. The number of fused-ring (bicyclic) bond motifs is 1. The monoisotopic (exact) mass is 475 g/mol. The van der Waals surface area contributed by atoms with Gasteiger partial charge in [-0.15, -0.1) is 0 Å². The van der Waals surface area contributed by atoms with Crippen LogP contribution in [0.15, 0.2) is 54.6 Å². The lowest BCUT2D eigenvalue weighted by Gasteiger charge is -2.42. The van der Waals surface area contributed by atoms with E-state index in [4.69, 9.17) is 9.47 Å². The van der Waals surface area contributed by atoms with E-state index >= 15 is 0 Å². The summed E-state index contributed by atoms with van der Waals surface area (Å²) >= 11 is 0. The number of hydrogen-bond donors (Lipinski definition) is 1. The third kappa shape index (κ3) is 5.14. The molecule has 1 aliphatic heterocycles. The van der Waals surface area contributed by atoms with Crippen molar-refractivity contribution in [1.29, 1.82) is 5.26 Å². The van der Waals surface area contributed by atoms with Crippen LogP contribution in [0.2, 0.25) is 0 Å². The highest BCUT2D eigenvalue weighted by molar-refractivity contribution is 5.89. The first-order chi connectivity index (χ1) is 17.0. The summed E-state index contributed by atoms with van der Waals surface area (Å²) in [6.07, 6.45) is 1.43. The molecule has 1 fully saturated rings. The molecule has 0 aliphatic carbocycles. The fourth-order valence-corrected chi connectivity index (χ4v) is 4.98. The molecule has 0 saturated carbocycles. The minimum Gasteiger partial charge on any atom is -0.495 e. The summed E-state index contributed by atoms with van der Waals surface area (Å²) in [7, 11) is 3.32. The number of likely N-dealkylation sites (N-methyl/N-ethyl adjacent to an activating group) is 1. The van der Waals surface area contributed by atoms with Crippen molar-refractivity contribution < 1.29 is 18.7 Å². The number of halogens is 1. The van der Waals surface area contributed by atoms with Crippen LogP contribution < -0.4 is 10.1 Å². The number of rotatable bonds is 8. The maximum absolute atomic E-state index is 13.7. The molecule has 3 aromatic rings. The number of benzene rings is 3. The summed E-state index contributed by atoms with van der Waals surface area (Å²) in [6.45, 7) is 2.20. The number of hydrogen-bond acceptors (Lipinski definition) is 5. The van der Waals surface area contributed by atoms with Gasteiger partial charge in [0.25, 0.3) is 0 Å². The van der Waals surface area contributed by atoms with Gasteiger partial charge in [0.1, 0.15) is 17.6 Å². The van der Waals surface area contributed by atoms with E-state index in [0.29, 0.717) is 50.4 Å². The van der Waals surface area contributed by atoms with Crippen molar-refractivity contribution in [3.8, 4) is 11.8 Å². The van der Waals surface area contributed by atoms with Crippen LogP contribution >= 0.6 is 0 Å². The standard InChI is InChI=1S/C28H30FN3O3/c1-31-17-26(33)32-13-11-28(12-14-32,22-7-9-23(29)10-8-22)19-35-18-25-24-6-4-3-5-20(24)15-21(16-30)27(25)34-2/h3-10,15,31H,11-14,17-19H2,1-2H3. The van der Waals surface area contributed by atoms with Crippen LogP contribution in [-0.4, -0.2) is 51.2 Å². The minimum atomic E-state index is -0.347. The Morgan fingerprint density at radius 3 is 2.54 bits per heavy atom. The lowest BCUT2D eigenvalue weighted by atomic mass is 9.73. The topological polar surface area (TPSA) is 74.6 Å². The molecule has 1 amide bonds. The zero-order valence-electron chi connectivity index (χ0n) is 20.1. The number of nitriles is 1. The molecule has 0 aromatic heterocycles. The van der Waals surface area contributed by atoms with Crippen molar-refractivity contribution >= 4 is 16.7 Å². The van der Waals surface area contributed by atoms with Gasteiger partial charge in [0.15, 0.2) is 0 Å². The van der Waals surface area contributed by atoms with Gasteiger partial charge in [-0.3, -0.25) is 4.79 Å². The molecule has 0 unspecified atom stereocenters. The smallest absolute Gasteiger partial charge is 0.236 e. The van der Waals surface area contributed by atoms with Crippen molar-refractivity contribution in [2.75, 3.05) is 40.4 Å². The van der Waals surface area contributed by atoms with E-state index in [-0.39, 0.29) is 23.7 Å². The molecule has 1 aliphatic rings. The zero-order chi connectivity index (χ0) is 24.8. The Kier molecular flexibility index (Phi) is 7.64. The number of amides is 1. The average Bonchev–Trinajstić information content (AvgIpc) is 2.89. The zero-order valence-corrected chi connectivity index (χ0v) is 20.1. The van der Waals surface area contributed by atoms with E-state index < -0.39 is 0 Å². The van der Waals surface area contributed by atoms with Gasteiger partial charge in [-0.2, -0.15) is 5.26 Å². The van der Waals surface area contributed by atoms with Gasteiger partial charge in [0, 0.05) is 24.1 Å². The molecule has 182 valence electrons. The van der Waals surface area contributed by atoms with Crippen LogP contribution in [0, 0.1) is 17.1 Å². The predicted octanol–water partition coefficient (Wildman–Crippen LogP) is 4.16. The Balaban J connectivity index is 1.59. The van der Waals surface area contributed by atoms with Crippen LogP contribution in [0.4, 0.5) is 4.39 Å². The van der Waals surface area contributed by atoms with Crippen LogP contribution in [0.1, 0.15) is 29.5 Å². The van der Waals surface area contributed by atoms with Crippen molar-refractivity contribution in [2.45, 2.75) is 24.9 Å². The molecule has 35 heavy (non-hydrogen) atoms. The SMILES string of the molecule is CNCC(=O)N1CCC(COCc2c(OC)c(C#N)cc3ccccc23)(c2ccc(F)cc2)CC1. The van der Waals surface area contributed by atoms with E-state index in [0.717, 1.165) is 21.9 Å². The number of carbonyl (C=O) groups is 1. The molecular weight excluding hydrogens is 445 g/mol. The number of piperidine rings is 1. The number of nitrogens with zero attached hydrogens (tertiary/aromatic N) is 2. The normalized spacial score (nSPS) is 15.1. The largest absolute Gasteiger partial charge is 0.495 e. The maximum Gasteiger partial charge on any atom is 0.236 e. The fraction of sp³-hybridized carbons (Fsp3) is 0.357. The van der Waals surface area contributed by atoms with Gasteiger partial charge >= 0.3 is 0 Å². The number of nitrogens with one attached hydrogen (secondary N) is 1. The Hall–Kier alpha value is -3.47. The number of methoxy groups -OCH3 is 1.